The van der Waals surface area contributed by atoms with Gasteiger partial charge < -0.3 is 25.6 Å². The average molecular weight is 487 g/mol. The molecule has 1 aliphatic rings. The number of hydrogen-bond acceptors (Lipinski definition) is 4. The van der Waals surface area contributed by atoms with Gasteiger partial charge in [-0.2, -0.15) is 13.2 Å². The van der Waals surface area contributed by atoms with E-state index in [-0.39, 0.29) is 11.4 Å². The summed E-state index contributed by atoms with van der Waals surface area (Å²) in [5, 5.41) is 26.1. The van der Waals surface area contributed by atoms with Gasteiger partial charge in [-0.05, 0) is 46.7 Å². The van der Waals surface area contributed by atoms with Crippen molar-refractivity contribution in [1.82, 2.24) is 5.32 Å². The van der Waals surface area contributed by atoms with Crippen LogP contribution in [0.2, 0.25) is 5.02 Å². The topological polar surface area (TPSA) is 90.8 Å². The van der Waals surface area contributed by atoms with Crippen molar-refractivity contribution < 1.29 is 32.9 Å². The van der Waals surface area contributed by atoms with Crippen LogP contribution in [0.1, 0.15) is 55.2 Å². The Hall–Kier alpha value is -2.49. The fourth-order valence-corrected chi connectivity index (χ4v) is 4.12. The molecule has 3 rings (SSSR count). The third kappa shape index (κ3) is 5.20. The molecule has 0 spiro atoms. The number of amides is 2. The number of anilines is 1. The smallest absolute Gasteiger partial charge is 0.418 e. The molecule has 0 aromatic heterocycles. The molecule has 0 heterocycles. The van der Waals surface area contributed by atoms with Gasteiger partial charge in [0.25, 0.3) is 0 Å². The number of aliphatic hydroxyl groups is 2. The van der Waals surface area contributed by atoms with Gasteiger partial charge in [0.1, 0.15) is 5.75 Å². The number of alkyl halides is 3. The van der Waals surface area contributed by atoms with Crippen LogP contribution in [-0.2, 0) is 11.8 Å². The minimum Gasteiger partial charge on any atom is -0.494 e. The zero-order valence-corrected chi connectivity index (χ0v) is 19.3. The zero-order chi connectivity index (χ0) is 24.7. The van der Waals surface area contributed by atoms with Crippen LogP contribution in [0.3, 0.4) is 0 Å². The number of methoxy groups -OCH3 is 1. The molecule has 4 N–H and O–H groups in total. The maximum Gasteiger partial charge on any atom is 0.418 e. The molecule has 6 nitrogen and oxygen atoms in total. The lowest BCUT2D eigenvalue weighted by Crippen LogP contribution is -2.40. The summed E-state index contributed by atoms with van der Waals surface area (Å²) in [6.07, 6.45) is -8.43. The predicted octanol–water partition coefficient (Wildman–Crippen LogP) is 5.02. The van der Waals surface area contributed by atoms with Crippen LogP contribution >= 0.6 is 11.6 Å². The van der Waals surface area contributed by atoms with Crippen LogP contribution in [-0.4, -0.2) is 35.6 Å². The van der Waals surface area contributed by atoms with Gasteiger partial charge in [-0.1, -0.05) is 44.5 Å². The molecule has 0 aliphatic heterocycles. The number of carbonyl (C=O) groups excluding carboxylic acids is 1. The van der Waals surface area contributed by atoms with Gasteiger partial charge in [0.05, 0.1) is 24.9 Å². The zero-order valence-electron chi connectivity index (χ0n) is 18.5. The quantitative estimate of drug-likeness (QED) is 0.488. The Kier molecular flexibility index (Phi) is 6.89. The normalized spacial score (nSPS) is 19.1. The van der Waals surface area contributed by atoms with Crippen LogP contribution in [0.5, 0.6) is 5.75 Å². The molecule has 1 aliphatic carbocycles. The SMILES string of the molecule is COc1c(NC(=O)N[C@@H]2Cc3c(Cl)cccc3C2O)cc(C(C)(C)C)cc1[C@@H](O)C(F)(F)F. The van der Waals surface area contributed by atoms with E-state index >= 15 is 0 Å². The third-order valence-corrected chi connectivity index (χ3v) is 5.99. The van der Waals surface area contributed by atoms with Crippen LogP contribution < -0.4 is 15.4 Å². The van der Waals surface area contributed by atoms with Crippen molar-refractivity contribution >= 4 is 23.3 Å². The van der Waals surface area contributed by atoms with Crippen LogP contribution in [0, 0.1) is 0 Å². The van der Waals surface area contributed by atoms with Gasteiger partial charge in [0.2, 0.25) is 0 Å². The number of ether oxygens (including phenoxy) is 1. The van der Waals surface area contributed by atoms with Gasteiger partial charge in [0.15, 0.2) is 6.10 Å². The van der Waals surface area contributed by atoms with Crippen molar-refractivity contribution in [3.05, 3.63) is 57.6 Å². The lowest BCUT2D eigenvalue weighted by atomic mass is 9.84. The molecule has 2 aromatic carbocycles. The predicted molar refractivity (Wildman–Crippen MR) is 119 cm³/mol. The first-order valence-corrected chi connectivity index (χ1v) is 10.6. The van der Waals surface area contributed by atoms with Gasteiger partial charge >= 0.3 is 12.2 Å². The summed E-state index contributed by atoms with van der Waals surface area (Å²) < 4.78 is 45.1. The Balaban J connectivity index is 1.91. The molecule has 2 amide bonds. The van der Waals surface area contributed by atoms with E-state index in [0.717, 1.165) is 12.7 Å². The average Bonchev–Trinajstić information content (AvgIpc) is 3.02. The highest BCUT2D eigenvalue weighted by molar-refractivity contribution is 6.31. The molecule has 0 saturated carbocycles. The summed E-state index contributed by atoms with van der Waals surface area (Å²) >= 11 is 6.18. The first-order chi connectivity index (χ1) is 15.2. The monoisotopic (exact) mass is 486 g/mol. The molecule has 0 bridgehead atoms. The lowest BCUT2D eigenvalue weighted by molar-refractivity contribution is -0.207. The number of benzene rings is 2. The maximum atomic E-state index is 13.3. The summed E-state index contributed by atoms with van der Waals surface area (Å²) in [7, 11) is 1.15. The standard InChI is InChI=1S/C23H26ClF3N2O4/c1-22(2,3)11-8-14(20(31)23(25,26)27)19(33-4)17(9-11)29-21(32)28-16-10-13-12(18(16)30)6-5-7-15(13)24/h5-9,16,18,20,30-31H,10H2,1-4H3,(H2,28,29,32)/t16-,18?,20-/m1/s1. The highest BCUT2D eigenvalue weighted by Gasteiger charge is 2.42. The highest BCUT2D eigenvalue weighted by atomic mass is 35.5. The summed E-state index contributed by atoms with van der Waals surface area (Å²) in [5.41, 5.74) is 0.656. The van der Waals surface area contributed by atoms with Gasteiger partial charge in [-0.3, -0.25) is 0 Å². The Morgan fingerprint density at radius 1 is 1.24 bits per heavy atom. The number of halogens is 4. The number of carbonyl (C=O) groups is 1. The molecular weight excluding hydrogens is 461 g/mol. The van der Waals surface area contributed by atoms with Gasteiger partial charge in [-0.25, -0.2) is 4.79 Å². The van der Waals surface area contributed by atoms with Crippen molar-refractivity contribution in [2.24, 2.45) is 0 Å². The van der Waals surface area contributed by atoms with Crippen molar-refractivity contribution in [3.63, 3.8) is 0 Å². The molecule has 0 saturated heterocycles. The Labute approximate surface area is 194 Å². The van der Waals surface area contributed by atoms with Crippen LogP contribution in [0.25, 0.3) is 0 Å². The molecule has 0 fully saturated rings. The minimum absolute atomic E-state index is 0.0382. The van der Waals surface area contributed by atoms with E-state index < -0.39 is 41.4 Å². The summed E-state index contributed by atoms with van der Waals surface area (Å²) in [5.74, 6) is -0.304. The van der Waals surface area contributed by atoms with E-state index in [2.05, 4.69) is 10.6 Å². The van der Waals surface area contributed by atoms with E-state index in [1.165, 1.54) is 12.1 Å². The first-order valence-electron chi connectivity index (χ1n) is 10.2. The van der Waals surface area contributed by atoms with Crippen LogP contribution in [0.4, 0.5) is 23.7 Å². The number of fused-ring (bicyclic) bond motifs is 1. The van der Waals surface area contributed by atoms with E-state index in [1.807, 2.05) is 0 Å². The molecule has 10 heteroatoms. The molecule has 2 aromatic rings. The van der Waals surface area contributed by atoms with Gasteiger partial charge in [0, 0.05) is 10.6 Å². The molecule has 33 heavy (non-hydrogen) atoms. The second kappa shape index (κ2) is 9.04. The lowest BCUT2D eigenvalue weighted by Gasteiger charge is -2.26. The van der Waals surface area contributed by atoms with Crippen molar-refractivity contribution in [1.29, 1.82) is 0 Å². The Morgan fingerprint density at radius 2 is 1.91 bits per heavy atom. The Morgan fingerprint density at radius 3 is 2.45 bits per heavy atom. The first kappa shape index (κ1) is 25.1. The highest BCUT2D eigenvalue weighted by Crippen LogP contribution is 2.43. The number of urea groups is 1. The number of aliphatic hydroxyl groups excluding tert-OH is 2. The molecular formula is C23H26ClF3N2O4. The Bertz CT molecular complexity index is 1050. The summed E-state index contributed by atoms with van der Waals surface area (Å²) in [6, 6.07) is 6.39. The van der Waals surface area contributed by atoms with Crippen molar-refractivity contribution in [2.75, 3.05) is 12.4 Å². The van der Waals surface area contributed by atoms with Crippen LogP contribution in [0.15, 0.2) is 30.3 Å². The third-order valence-electron chi connectivity index (χ3n) is 5.64. The van der Waals surface area contributed by atoms with Crippen molar-refractivity contribution in [2.45, 2.75) is 57.0 Å². The van der Waals surface area contributed by atoms with E-state index in [1.54, 1.807) is 39.0 Å². The second-order valence-corrected chi connectivity index (χ2v) is 9.41. The molecule has 0 radical (unpaired) electrons. The molecule has 3 atom stereocenters. The fraction of sp³-hybridized carbons (Fsp3) is 0.435. The second-order valence-electron chi connectivity index (χ2n) is 9.00. The largest absolute Gasteiger partial charge is 0.494 e. The van der Waals surface area contributed by atoms with E-state index in [4.69, 9.17) is 16.3 Å². The fourth-order valence-electron chi connectivity index (χ4n) is 3.86. The molecule has 180 valence electrons. The number of hydrogen-bond donors (Lipinski definition) is 4. The van der Waals surface area contributed by atoms with E-state index in [0.29, 0.717) is 22.6 Å². The van der Waals surface area contributed by atoms with E-state index in [9.17, 15) is 28.2 Å². The molecule has 1 unspecified atom stereocenters. The van der Waals surface area contributed by atoms with Crippen molar-refractivity contribution in [3.8, 4) is 5.75 Å². The summed E-state index contributed by atoms with van der Waals surface area (Å²) in [6.45, 7) is 5.37. The number of rotatable bonds is 4. The van der Waals surface area contributed by atoms with Gasteiger partial charge in [-0.15, -0.1) is 0 Å². The maximum absolute atomic E-state index is 13.3. The minimum atomic E-state index is -4.93. The summed E-state index contributed by atoms with van der Waals surface area (Å²) in [4.78, 5) is 12.8. The number of nitrogens with one attached hydrogen (secondary N) is 2.